The Balaban J connectivity index is 2.02. The van der Waals surface area contributed by atoms with Crippen LogP contribution in [0.1, 0.15) is 26.7 Å². The molecule has 0 aliphatic heterocycles. The second-order valence-corrected chi connectivity index (χ2v) is 4.31. The Morgan fingerprint density at radius 3 is 2.65 bits per heavy atom. The number of nitrogens with one attached hydrogen (secondary N) is 1. The second-order valence-electron chi connectivity index (χ2n) is 3.88. The van der Waals surface area contributed by atoms with Gasteiger partial charge in [0.2, 0.25) is 5.76 Å². The number of halogens is 2. The molecule has 1 aromatic heterocycles. The lowest BCUT2D eigenvalue weighted by atomic mass is 10.2. The van der Waals surface area contributed by atoms with E-state index in [2.05, 4.69) is 5.32 Å². The van der Waals surface area contributed by atoms with Crippen molar-refractivity contribution in [3.05, 3.63) is 58.3 Å². The highest BCUT2D eigenvalue weighted by Crippen LogP contribution is 2.15. The maximum Gasteiger partial charge on any atom is 0.371 e. The molecule has 2 aromatic rings. The van der Waals surface area contributed by atoms with Gasteiger partial charge in [0.25, 0.3) is 5.91 Å². The molecule has 0 spiro atoms. The maximum absolute atomic E-state index is 13.5. The van der Waals surface area contributed by atoms with Crippen molar-refractivity contribution < 1.29 is 23.5 Å². The number of hydrogen-bond donors (Lipinski definition) is 2. The molecule has 20 heavy (non-hydrogen) atoms. The number of rotatable bonds is 4. The zero-order chi connectivity index (χ0) is 14.7. The zero-order valence-corrected chi connectivity index (χ0v) is 10.8. The lowest BCUT2D eigenvalue weighted by Gasteiger charge is -2.04. The number of furan rings is 1. The summed E-state index contributed by atoms with van der Waals surface area (Å²) in [5.74, 6) is -2.56. The Labute approximate surface area is 118 Å². The van der Waals surface area contributed by atoms with Crippen molar-refractivity contribution in [2.45, 2.75) is 6.54 Å². The third-order valence-corrected chi connectivity index (χ3v) is 2.71. The van der Waals surface area contributed by atoms with Crippen LogP contribution in [0.15, 0.2) is 34.7 Å². The van der Waals surface area contributed by atoms with Gasteiger partial charge in [0.15, 0.2) is 0 Å². The third-order valence-electron chi connectivity index (χ3n) is 2.47. The quantitative estimate of drug-likeness (QED) is 0.909. The summed E-state index contributed by atoms with van der Waals surface area (Å²) in [5, 5.41) is 11.3. The monoisotopic (exact) mass is 297 g/mol. The Hall–Kier alpha value is -2.34. The zero-order valence-electron chi connectivity index (χ0n) is 10.0. The Bertz CT molecular complexity index is 668. The molecule has 0 unspecified atom stereocenters. The van der Waals surface area contributed by atoms with Crippen molar-refractivity contribution in [3.63, 3.8) is 0 Å². The van der Waals surface area contributed by atoms with Crippen molar-refractivity contribution in [1.82, 2.24) is 5.32 Å². The molecule has 0 fully saturated rings. The predicted octanol–water partition coefficient (Wildman–Crippen LogP) is 2.70. The molecule has 0 atom stereocenters. The summed E-state index contributed by atoms with van der Waals surface area (Å²) >= 11 is 5.58. The van der Waals surface area contributed by atoms with Crippen LogP contribution in [0.2, 0.25) is 5.02 Å². The number of hydrogen-bond acceptors (Lipinski definition) is 3. The fourth-order valence-electron chi connectivity index (χ4n) is 1.52. The summed E-state index contributed by atoms with van der Waals surface area (Å²) in [6.07, 6.45) is 0. The standard InChI is InChI=1S/C13H9ClFNO4/c14-7-1-3-9(10(15)5-7)12(17)16-6-8-2-4-11(20-8)13(18)19/h1-5H,6H2,(H,16,17)(H,18,19). The first-order chi connectivity index (χ1) is 9.47. The van der Waals surface area contributed by atoms with Gasteiger partial charge in [-0.3, -0.25) is 4.79 Å². The van der Waals surface area contributed by atoms with E-state index >= 15 is 0 Å². The van der Waals surface area contributed by atoms with Crippen molar-refractivity contribution in [2.75, 3.05) is 0 Å². The van der Waals surface area contributed by atoms with Crippen molar-refractivity contribution in [1.29, 1.82) is 0 Å². The molecule has 104 valence electrons. The molecule has 0 saturated heterocycles. The van der Waals surface area contributed by atoms with E-state index in [1.165, 1.54) is 24.3 Å². The Kier molecular flexibility index (Phi) is 4.05. The summed E-state index contributed by atoms with van der Waals surface area (Å²) in [4.78, 5) is 22.3. The summed E-state index contributed by atoms with van der Waals surface area (Å²) in [5.41, 5.74) is -0.153. The average molecular weight is 298 g/mol. The number of benzene rings is 1. The summed E-state index contributed by atoms with van der Waals surface area (Å²) in [6, 6.07) is 6.38. The molecule has 0 aliphatic rings. The van der Waals surface area contributed by atoms with E-state index in [0.717, 1.165) is 6.07 Å². The molecule has 0 saturated carbocycles. The summed E-state index contributed by atoms with van der Waals surface area (Å²) in [6.45, 7) is -0.0474. The van der Waals surface area contributed by atoms with Crippen LogP contribution in [0.4, 0.5) is 4.39 Å². The minimum atomic E-state index is -1.20. The van der Waals surface area contributed by atoms with Crippen LogP contribution in [-0.4, -0.2) is 17.0 Å². The van der Waals surface area contributed by atoms with Gasteiger partial charge < -0.3 is 14.8 Å². The van der Waals surface area contributed by atoms with Gasteiger partial charge in [-0.25, -0.2) is 9.18 Å². The topological polar surface area (TPSA) is 79.5 Å². The van der Waals surface area contributed by atoms with Crippen LogP contribution in [-0.2, 0) is 6.54 Å². The van der Waals surface area contributed by atoms with Gasteiger partial charge in [-0.1, -0.05) is 11.6 Å². The van der Waals surface area contributed by atoms with Crippen LogP contribution in [0.3, 0.4) is 0 Å². The van der Waals surface area contributed by atoms with E-state index in [1.54, 1.807) is 0 Å². The number of amides is 1. The largest absolute Gasteiger partial charge is 0.475 e. The normalized spacial score (nSPS) is 10.3. The number of carbonyl (C=O) groups excluding carboxylic acids is 1. The van der Waals surface area contributed by atoms with E-state index in [9.17, 15) is 14.0 Å². The van der Waals surface area contributed by atoms with Crippen LogP contribution in [0.25, 0.3) is 0 Å². The molecule has 0 radical (unpaired) electrons. The second kappa shape index (κ2) is 5.75. The highest BCUT2D eigenvalue weighted by Gasteiger charge is 2.13. The van der Waals surface area contributed by atoms with E-state index in [-0.39, 0.29) is 28.7 Å². The molecule has 0 aliphatic carbocycles. The SMILES string of the molecule is O=C(O)c1ccc(CNC(=O)c2ccc(Cl)cc2F)o1. The molecule has 1 heterocycles. The average Bonchev–Trinajstić information content (AvgIpc) is 2.85. The molecule has 2 rings (SSSR count). The van der Waals surface area contributed by atoms with Gasteiger partial charge in [0.1, 0.15) is 11.6 Å². The lowest BCUT2D eigenvalue weighted by Crippen LogP contribution is -2.23. The van der Waals surface area contributed by atoms with Crippen LogP contribution in [0, 0.1) is 5.82 Å². The minimum absolute atomic E-state index is 0.0474. The van der Waals surface area contributed by atoms with Gasteiger partial charge in [0, 0.05) is 5.02 Å². The van der Waals surface area contributed by atoms with E-state index in [0.29, 0.717) is 0 Å². The molecule has 2 N–H and O–H groups in total. The van der Waals surface area contributed by atoms with Gasteiger partial charge in [-0.15, -0.1) is 0 Å². The molecule has 5 nitrogen and oxygen atoms in total. The number of aromatic carboxylic acids is 1. The molecular weight excluding hydrogens is 289 g/mol. The molecule has 0 bridgehead atoms. The van der Waals surface area contributed by atoms with Crippen LogP contribution < -0.4 is 5.32 Å². The number of carboxylic acid groups (broad SMARTS) is 1. The maximum atomic E-state index is 13.5. The fourth-order valence-corrected chi connectivity index (χ4v) is 1.68. The van der Waals surface area contributed by atoms with Crippen LogP contribution >= 0.6 is 11.6 Å². The highest BCUT2D eigenvalue weighted by atomic mass is 35.5. The molecule has 1 amide bonds. The first-order valence-corrected chi connectivity index (χ1v) is 5.90. The van der Waals surface area contributed by atoms with Crippen LogP contribution in [0.5, 0.6) is 0 Å². The Morgan fingerprint density at radius 2 is 2.05 bits per heavy atom. The fraction of sp³-hybridized carbons (Fsp3) is 0.0769. The predicted molar refractivity (Wildman–Crippen MR) is 68.2 cm³/mol. The van der Waals surface area contributed by atoms with E-state index in [4.69, 9.17) is 21.1 Å². The first-order valence-electron chi connectivity index (χ1n) is 5.52. The number of carboxylic acids is 1. The first kappa shape index (κ1) is 14.1. The van der Waals surface area contributed by atoms with E-state index < -0.39 is 17.7 Å². The molecular formula is C13H9ClFNO4. The van der Waals surface area contributed by atoms with Gasteiger partial charge in [-0.05, 0) is 30.3 Å². The summed E-state index contributed by atoms with van der Waals surface area (Å²) < 4.78 is 18.4. The third kappa shape index (κ3) is 3.16. The Morgan fingerprint density at radius 1 is 1.30 bits per heavy atom. The van der Waals surface area contributed by atoms with Crippen molar-refractivity contribution in [2.24, 2.45) is 0 Å². The minimum Gasteiger partial charge on any atom is -0.475 e. The van der Waals surface area contributed by atoms with Crippen molar-refractivity contribution >= 4 is 23.5 Å². The highest BCUT2D eigenvalue weighted by molar-refractivity contribution is 6.30. The van der Waals surface area contributed by atoms with Gasteiger partial charge in [-0.2, -0.15) is 0 Å². The number of carbonyl (C=O) groups is 2. The van der Waals surface area contributed by atoms with Crippen molar-refractivity contribution in [3.8, 4) is 0 Å². The molecule has 7 heteroatoms. The van der Waals surface area contributed by atoms with E-state index in [1.807, 2.05) is 0 Å². The summed E-state index contributed by atoms with van der Waals surface area (Å²) in [7, 11) is 0. The lowest BCUT2D eigenvalue weighted by molar-refractivity contribution is 0.0660. The van der Waals surface area contributed by atoms with Gasteiger partial charge >= 0.3 is 5.97 Å². The van der Waals surface area contributed by atoms with Gasteiger partial charge in [0.05, 0.1) is 12.1 Å². The smallest absolute Gasteiger partial charge is 0.371 e. The molecule has 1 aromatic carbocycles.